The van der Waals surface area contributed by atoms with Crippen LogP contribution in [0.15, 0.2) is 16.5 Å². The second kappa shape index (κ2) is 6.84. The molecule has 2 aliphatic rings. The Morgan fingerprint density at radius 2 is 2.12 bits per heavy atom. The molecule has 7 nitrogen and oxygen atoms in total. The fraction of sp³-hybridized carbons (Fsp3) is 0.647. The first-order valence-corrected chi connectivity index (χ1v) is 8.31. The van der Waals surface area contributed by atoms with E-state index in [1.165, 1.54) is 7.11 Å². The first-order valence-electron chi connectivity index (χ1n) is 8.31. The lowest BCUT2D eigenvalue weighted by Gasteiger charge is -2.39. The third-order valence-corrected chi connectivity index (χ3v) is 5.02. The van der Waals surface area contributed by atoms with Crippen LogP contribution in [0.3, 0.4) is 0 Å². The highest BCUT2D eigenvalue weighted by Crippen LogP contribution is 2.40. The second-order valence-electron chi connectivity index (χ2n) is 6.47. The topological polar surface area (TPSA) is 72.2 Å². The minimum Gasteiger partial charge on any atom is -0.468 e. The van der Waals surface area contributed by atoms with Gasteiger partial charge in [0.2, 0.25) is 5.91 Å². The van der Waals surface area contributed by atoms with Crippen LogP contribution in [0, 0.1) is 5.41 Å². The normalized spacial score (nSPS) is 24.0. The first-order chi connectivity index (χ1) is 11.6. The number of ether oxygens (including phenoxy) is 2. The van der Waals surface area contributed by atoms with Crippen molar-refractivity contribution in [1.82, 2.24) is 9.80 Å². The summed E-state index contributed by atoms with van der Waals surface area (Å²) in [7, 11) is 3.13. The van der Waals surface area contributed by atoms with Gasteiger partial charge >= 0.3 is 0 Å². The van der Waals surface area contributed by atoms with Crippen molar-refractivity contribution in [1.29, 1.82) is 0 Å². The predicted octanol–water partition coefficient (Wildman–Crippen LogP) is 1.39. The van der Waals surface area contributed by atoms with Crippen LogP contribution in [0.4, 0.5) is 0 Å². The van der Waals surface area contributed by atoms with Gasteiger partial charge < -0.3 is 23.7 Å². The number of carbonyl (C=O) groups is 2. The van der Waals surface area contributed by atoms with Crippen LogP contribution in [0.1, 0.15) is 29.8 Å². The SMILES string of the molecule is COCCN1CCC[C@@]2(CCN(C(=O)c3ccc(OC)o3)C2)C1=O. The van der Waals surface area contributed by atoms with Gasteiger partial charge in [0.15, 0.2) is 5.76 Å². The summed E-state index contributed by atoms with van der Waals surface area (Å²) in [5.74, 6) is 0.533. The molecular weight excluding hydrogens is 312 g/mol. The Balaban J connectivity index is 1.69. The molecule has 1 aromatic rings. The fourth-order valence-corrected chi connectivity index (χ4v) is 3.69. The molecule has 0 bridgehead atoms. The lowest BCUT2D eigenvalue weighted by molar-refractivity contribution is -0.146. The molecule has 0 aliphatic carbocycles. The lowest BCUT2D eigenvalue weighted by Crippen LogP contribution is -2.51. The predicted molar refractivity (Wildman–Crippen MR) is 85.9 cm³/mol. The van der Waals surface area contributed by atoms with Crippen molar-refractivity contribution in [2.75, 3.05) is 47.0 Å². The Bertz CT molecular complexity index is 614. The number of piperidine rings is 1. The van der Waals surface area contributed by atoms with Crippen molar-refractivity contribution < 1.29 is 23.5 Å². The largest absolute Gasteiger partial charge is 0.468 e. The number of methoxy groups -OCH3 is 2. The molecule has 1 spiro atoms. The maximum Gasteiger partial charge on any atom is 0.289 e. The molecule has 1 atom stereocenters. The number of nitrogens with zero attached hydrogens (tertiary/aromatic N) is 2. The van der Waals surface area contributed by atoms with E-state index >= 15 is 0 Å². The Morgan fingerprint density at radius 3 is 2.83 bits per heavy atom. The van der Waals surface area contributed by atoms with Crippen LogP contribution >= 0.6 is 0 Å². The van der Waals surface area contributed by atoms with Crippen LogP contribution in [-0.4, -0.2) is 68.6 Å². The smallest absolute Gasteiger partial charge is 0.289 e. The van der Waals surface area contributed by atoms with Crippen molar-refractivity contribution >= 4 is 11.8 Å². The molecule has 24 heavy (non-hydrogen) atoms. The molecule has 7 heteroatoms. The molecule has 2 amide bonds. The zero-order chi connectivity index (χ0) is 17.2. The van der Waals surface area contributed by atoms with Crippen molar-refractivity contribution in [2.45, 2.75) is 19.3 Å². The van der Waals surface area contributed by atoms with E-state index in [0.29, 0.717) is 38.6 Å². The van der Waals surface area contributed by atoms with Gasteiger partial charge in [0.1, 0.15) is 0 Å². The van der Waals surface area contributed by atoms with Gasteiger partial charge in [0, 0.05) is 39.4 Å². The highest BCUT2D eigenvalue weighted by molar-refractivity contribution is 5.93. The molecule has 0 aromatic carbocycles. The number of furan rings is 1. The van der Waals surface area contributed by atoms with Gasteiger partial charge in [0.05, 0.1) is 19.1 Å². The minimum atomic E-state index is -0.446. The van der Waals surface area contributed by atoms with Crippen molar-refractivity contribution in [3.8, 4) is 5.95 Å². The van der Waals surface area contributed by atoms with Gasteiger partial charge in [-0.1, -0.05) is 0 Å². The van der Waals surface area contributed by atoms with Gasteiger partial charge in [-0.05, 0) is 25.3 Å². The summed E-state index contributed by atoms with van der Waals surface area (Å²) in [5.41, 5.74) is -0.446. The molecule has 2 aliphatic heterocycles. The second-order valence-corrected chi connectivity index (χ2v) is 6.47. The lowest BCUT2D eigenvalue weighted by atomic mass is 9.78. The molecule has 132 valence electrons. The highest BCUT2D eigenvalue weighted by atomic mass is 16.6. The number of rotatable bonds is 5. The fourth-order valence-electron chi connectivity index (χ4n) is 3.69. The van der Waals surface area contributed by atoms with Gasteiger partial charge in [-0.25, -0.2) is 0 Å². The minimum absolute atomic E-state index is 0.151. The molecule has 0 saturated carbocycles. The van der Waals surface area contributed by atoms with E-state index in [1.807, 2.05) is 4.90 Å². The molecule has 3 heterocycles. The Labute approximate surface area is 141 Å². The van der Waals surface area contributed by atoms with Gasteiger partial charge in [-0.3, -0.25) is 9.59 Å². The zero-order valence-electron chi connectivity index (χ0n) is 14.2. The number of likely N-dealkylation sites (tertiary alicyclic amines) is 2. The van der Waals surface area contributed by atoms with Crippen LogP contribution in [0.2, 0.25) is 0 Å². The highest BCUT2D eigenvalue weighted by Gasteiger charge is 2.49. The van der Waals surface area contributed by atoms with Crippen LogP contribution in [0.25, 0.3) is 0 Å². The maximum absolute atomic E-state index is 12.9. The number of amides is 2. The third kappa shape index (κ3) is 3.00. The number of hydrogen-bond acceptors (Lipinski definition) is 5. The summed E-state index contributed by atoms with van der Waals surface area (Å²) in [5, 5.41) is 0. The summed E-state index contributed by atoms with van der Waals surface area (Å²) < 4.78 is 15.4. The summed E-state index contributed by atoms with van der Waals surface area (Å²) in [6.45, 7) is 2.95. The standard InChI is InChI=1S/C17H24N2O5/c1-22-11-10-18-8-3-6-17(16(18)21)7-9-19(12-17)15(20)13-4-5-14(23-2)24-13/h4-5H,3,6-12H2,1-2H3/t17-/m0/s1. The maximum atomic E-state index is 12.9. The van der Waals surface area contributed by atoms with Crippen LogP contribution < -0.4 is 4.74 Å². The quantitative estimate of drug-likeness (QED) is 0.812. The summed E-state index contributed by atoms with van der Waals surface area (Å²) in [4.78, 5) is 29.1. The van der Waals surface area contributed by atoms with Gasteiger partial charge in [-0.15, -0.1) is 0 Å². The van der Waals surface area contributed by atoms with E-state index in [0.717, 1.165) is 19.4 Å². The van der Waals surface area contributed by atoms with Gasteiger partial charge in [0.25, 0.3) is 11.9 Å². The molecule has 3 rings (SSSR count). The van der Waals surface area contributed by atoms with Crippen molar-refractivity contribution in [2.24, 2.45) is 5.41 Å². The van der Waals surface area contributed by atoms with E-state index < -0.39 is 5.41 Å². The van der Waals surface area contributed by atoms with Crippen LogP contribution in [-0.2, 0) is 9.53 Å². The summed E-state index contributed by atoms with van der Waals surface area (Å²) in [6.07, 6.45) is 2.51. The van der Waals surface area contributed by atoms with Gasteiger partial charge in [-0.2, -0.15) is 0 Å². The molecule has 0 radical (unpaired) electrons. The first kappa shape index (κ1) is 16.8. The zero-order valence-corrected chi connectivity index (χ0v) is 14.2. The molecular formula is C17H24N2O5. The average molecular weight is 336 g/mol. The van der Waals surface area contributed by atoms with E-state index in [9.17, 15) is 9.59 Å². The van der Waals surface area contributed by atoms with E-state index in [-0.39, 0.29) is 17.6 Å². The molecule has 2 saturated heterocycles. The molecule has 0 N–H and O–H groups in total. The summed E-state index contributed by atoms with van der Waals surface area (Å²) >= 11 is 0. The summed E-state index contributed by atoms with van der Waals surface area (Å²) in [6, 6.07) is 3.23. The molecule has 1 aromatic heterocycles. The van der Waals surface area contributed by atoms with E-state index in [1.54, 1.807) is 24.1 Å². The Morgan fingerprint density at radius 1 is 1.29 bits per heavy atom. The van der Waals surface area contributed by atoms with E-state index in [4.69, 9.17) is 13.9 Å². The molecule has 0 unspecified atom stereocenters. The average Bonchev–Trinajstić information content (AvgIpc) is 3.24. The Kier molecular flexibility index (Phi) is 4.80. The van der Waals surface area contributed by atoms with E-state index in [2.05, 4.69) is 0 Å². The van der Waals surface area contributed by atoms with Crippen molar-refractivity contribution in [3.63, 3.8) is 0 Å². The monoisotopic (exact) mass is 336 g/mol. The molecule has 2 fully saturated rings. The third-order valence-electron chi connectivity index (χ3n) is 5.02. The van der Waals surface area contributed by atoms with Crippen LogP contribution in [0.5, 0.6) is 5.95 Å². The van der Waals surface area contributed by atoms with Crippen molar-refractivity contribution in [3.05, 3.63) is 17.9 Å². The number of hydrogen-bond donors (Lipinski definition) is 0. The number of carbonyl (C=O) groups excluding carboxylic acids is 2. The Hall–Kier alpha value is -2.02.